The van der Waals surface area contributed by atoms with Gasteiger partial charge in [-0.15, -0.1) is 10.2 Å². The first-order valence-corrected chi connectivity index (χ1v) is 8.17. The van der Waals surface area contributed by atoms with Gasteiger partial charge < -0.3 is 10.1 Å². The number of halogens is 1. The van der Waals surface area contributed by atoms with E-state index in [-0.39, 0.29) is 5.91 Å². The summed E-state index contributed by atoms with van der Waals surface area (Å²) in [6.45, 7) is 2.45. The van der Waals surface area contributed by atoms with Crippen LogP contribution in [-0.2, 0) is 0 Å². The second-order valence-corrected chi connectivity index (χ2v) is 5.66. The van der Waals surface area contributed by atoms with E-state index in [9.17, 15) is 4.79 Å². The highest BCUT2D eigenvalue weighted by Crippen LogP contribution is 2.21. The number of ether oxygens (including phenoxy) is 1. The van der Waals surface area contributed by atoms with Crippen molar-refractivity contribution in [3.8, 4) is 17.1 Å². The molecule has 3 aromatic rings. The van der Waals surface area contributed by atoms with Crippen LogP contribution in [0.2, 0.25) is 5.02 Å². The predicted molar refractivity (Wildman–Crippen MR) is 98.0 cm³/mol. The van der Waals surface area contributed by atoms with Crippen LogP contribution in [0.1, 0.15) is 17.3 Å². The lowest BCUT2D eigenvalue weighted by Crippen LogP contribution is -2.11. The smallest absolute Gasteiger partial charge is 0.255 e. The molecule has 1 aromatic heterocycles. The molecule has 1 amide bonds. The topological polar surface area (TPSA) is 64.1 Å². The van der Waals surface area contributed by atoms with Gasteiger partial charge in [-0.2, -0.15) is 0 Å². The minimum absolute atomic E-state index is 0.190. The molecular weight excluding hydrogens is 338 g/mol. The molecule has 0 saturated heterocycles. The van der Waals surface area contributed by atoms with E-state index < -0.39 is 0 Å². The fourth-order valence-electron chi connectivity index (χ4n) is 2.23. The van der Waals surface area contributed by atoms with Crippen molar-refractivity contribution in [1.82, 2.24) is 10.2 Å². The molecule has 0 fully saturated rings. The molecule has 1 N–H and O–H groups in total. The predicted octanol–water partition coefficient (Wildman–Crippen LogP) is 4.45. The normalized spacial score (nSPS) is 10.3. The summed E-state index contributed by atoms with van der Waals surface area (Å²) in [4.78, 5) is 12.2. The van der Waals surface area contributed by atoms with Gasteiger partial charge in [0.15, 0.2) is 0 Å². The summed E-state index contributed by atoms with van der Waals surface area (Å²) in [5.41, 5.74) is 2.88. The van der Waals surface area contributed by atoms with Crippen molar-refractivity contribution in [2.24, 2.45) is 0 Å². The van der Waals surface area contributed by atoms with Gasteiger partial charge in [-0.1, -0.05) is 23.7 Å². The summed E-state index contributed by atoms with van der Waals surface area (Å²) in [6, 6.07) is 17.8. The Balaban J connectivity index is 1.69. The first kappa shape index (κ1) is 16.9. The highest BCUT2D eigenvalue weighted by Gasteiger charge is 2.07. The van der Waals surface area contributed by atoms with E-state index in [2.05, 4.69) is 15.5 Å². The van der Waals surface area contributed by atoms with Crippen LogP contribution in [0, 0.1) is 0 Å². The molecule has 0 unspecified atom stereocenters. The number of carbonyl (C=O) groups is 1. The summed E-state index contributed by atoms with van der Waals surface area (Å²) >= 11 is 5.83. The molecule has 0 aliphatic carbocycles. The zero-order chi connectivity index (χ0) is 17.6. The third-order valence-electron chi connectivity index (χ3n) is 3.48. The first-order valence-electron chi connectivity index (χ1n) is 7.79. The van der Waals surface area contributed by atoms with Crippen molar-refractivity contribution in [1.29, 1.82) is 0 Å². The van der Waals surface area contributed by atoms with Crippen LogP contribution in [0.5, 0.6) is 5.88 Å². The molecule has 2 aromatic carbocycles. The number of nitrogens with zero attached hydrogens (tertiary/aromatic N) is 2. The maximum absolute atomic E-state index is 12.2. The molecule has 0 bridgehead atoms. The molecule has 0 atom stereocenters. The number of amides is 1. The molecule has 25 heavy (non-hydrogen) atoms. The van der Waals surface area contributed by atoms with Crippen molar-refractivity contribution < 1.29 is 9.53 Å². The lowest BCUT2D eigenvalue weighted by atomic mass is 10.1. The van der Waals surface area contributed by atoms with Gasteiger partial charge in [0.1, 0.15) is 0 Å². The van der Waals surface area contributed by atoms with E-state index in [1.807, 2.05) is 37.3 Å². The Kier molecular flexibility index (Phi) is 5.26. The third kappa shape index (κ3) is 4.33. The maximum Gasteiger partial charge on any atom is 0.255 e. The van der Waals surface area contributed by atoms with Crippen molar-refractivity contribution in [2.45, 2.75) is 6.92 Å². The summed E-state index contributed by atoms with van der Waals surface area (Å²) in [6.07, 6.45) is 0. The highest BCUT2D eigenvalue weighted by atomic mass is 35.5. The van der Waals surface area contributed by atoms with Crippen LogP contribution in [0.3, 0.4) is 0 Å². The molecule has 1 heterocycles. The molecule has 0 spiro atoms. The van der Waals surface area contributed by atoms with Crippen LogP contribution < -0.4 is 10.1 Å². The van der Waals surface area contributed by atoms with Crippen molar-refractivity contribution >= 4 is 23.2 Å². The Bertz CT molecular complexity index is 847. The van der Waals surface area contributed by atoms with Crippen molar-refractivity contribution in [3.05, 3.63) is 71.2 Å². The summed E-state index contributed by atoms with van der Waals surface area (Å²) in [5, 5.41) is 11.6. The number of carbonyl (C=O) groups excluding carboxylic acids is 1. The van der Waals surface area contributed by atoms with Gasteiger partial charge in [0.25, 0.3) is 5.91 Å². The van der Waals surface area contributed by atoms with E-state index in [1.165, 1.54) is 0 Å². The van der Waals surface area contributed by atoms with Crippen molar-refractivity contribution in [2.75, 3.05) is 11.9 Å². The molecule has 0 aliphatic heterocycles. The number of hydrogen-bond donors (Lipinski definition) is 1. The molecule has 0 saturated carbocycles. The van der Waals surface area contributed by atoms with E-state index in [0.29, 0.717) is 28.8 Å². The Morgan fingerprint density at radius 3 is 2.32 bits per heavy atom. The molecule has 3 rings (SSSR count). The quantitative estimate of drug-likeness (QED) is 0.736. The number of anilines is 1. The minimum atomic E-state index is -0.190. The average molecular weight is 354 g/mol. The fourth-order valence-corrected chi connectivity index (χ4v) is 2.35. The van der Waals surface area contributed by atoms with Crippen LogP contribution in [0.15, 0.2) is 60.7 Å². The lowest BCUT2D eigenvalue weighted by Gasteiger charge is -2.07. The van der Waals surface area contributed by atoms with Gasteiger partial charge in [-0.05, 0) is 49.4 Å². The van der Waals surface area contributed by atoms with Crippen LogP contribution in [-0.4, -0.2) is 22.7 Å². The highest BCUT2D eigenvalue weighted by molar-refractivity contribution is 6.30. The molecule has 0 aliphatic rings. The second-order valence-electron chi connectivity index (χ2n) is 5.23. The summed E-state index contributed by atoms with van der Waals surface area (Å²) in [5.74, 6) is 0.309. The van der Waals surface area contributed by atoms with Crippen LogP contribution in [0.25, 0.3) is 11.3 Å². The van der Waals surface area contributed by atoms with Gasteiger partial charge in [0, 0.05) is 27.9 Å². The van der Waals surface area contributed by atoms with Gasteiger partial charge in [0.2, 0.25) is 5.88 Å². The number of nitrogens with one attached hydrogen (secondary N) is 1. The van der Waals surface area contributed by atoms with E-state index in [4.69, 9.17) is 16.3 Å². The zero-order valence-electron chi connectivity index (χ0n) is 13.6. The maximum atomic E-state index is 12.2. The van der Waals surface area contributed by atoms with Gasteiger partial charge in [0.05, 0.1) is 12.3 Å². The number of rotatable bonds is 5. The lowest BCUT2D eigenvalue weighted by molar-refractivity contribution is 0.102. The summed E-state index contributed by atoms with van der Waals surface area (Å²) in [7, 11) is 0. The van der Waals surface area contributed by atoms with E-state index >= 15 is 0 Å². The fraction of sp³-hybridized carbons (Fsp3) is 0.105. The summed E-state index contributed by atoms with van der Waals surface area (Å²) < 4.78 is 5.28. The first-order chi connectivity index (χ1) is 12.2. The molecule has 6 heteroatoms. The standard InChI is InChI=1S/C19H16ClN3O2/c1-2-25-18-12-11-17(22-23-18)13-5-9-16(10-6-13)21-19(24)14-3-7-15(20)8-4-14/h3-12H,2H2,1H3,(H,21,24). The van der Waals surface area contributed by atoms with E-state index in [0.717, 1.165) is 11.3 Å². The number of benzene rings is 2. The average Bonchev–Trinajstić information content (AvgIpc) is 2.64. The third-order valence-corrected chi connectivity index (χ3v) is 3.73. The Hall–Kier alpha value is -2.92. The number of hydrogen-bond acceptors (Lipinski definition) is 4. The van der Waals surface area contributed by atoms with E-state index in [1.54, 1.807) is 30.3 Å². The molecule has 5 nitrogen and oxygen atoms in total. The molecule has 0 radical (unpaired) electrons. The van der Waals surface area contributed by atoms with Crippen molar-refractivity contribution in [3.63, 3.8) is 0 Å². The van der Waals surface area contributed by atoms with Gasteiger partial charge in [-0.25, -0.2) is 0 Å². The van der Waals surface area contributed by atoms with Gasteiger partial charge >= 0.3 is 0 Å². The van der Waals surface area contributed by atoms with Gasteiger partial charge in [-0.3, -0.25) is 4.79 Å². The Morgan fingerprint density at radius 1 is 1.00 bits per heavy atom. The Morgan fingerprint density at radius 2 is 1.72 bits per heavy atom. The van der Waals surface area contributed by atoms with Crippen LogP contribution >= 0.6 is 11.6 Å². The zero-order valence-corrected chi connectivity index (χ0v) is 14.3. The monoisotopic (exact) mass is 353 g/mol. The molecular formula is C19H16ClN3O2. The SMILES string of the molecule is CCOc1ccc(-c2ccc(NC(=O)c3ccc(Cl)cc3)cc2)nn1. The Labute approximate surface area is 150 Å². The molecule has 126 valence electrons. The largest absolute Gasteiger partial charge is 0.477 e. The minimum Gasteiger partial charge on any atom is -0.477 e. The number of aromatic nitrogens is 2. The van der Waals surface area contributed by atoms with Crippen LogP contribution in [0.4, 0.5) is 5.69 Å². The second kappa shape index (κ2) is 7.77.